The molecule has 0 heterocycles. The molecule has 0 aliphatic carbocycles. The summed E-state index contributed by atoms with van der Waals surface area (Å²) in [7, 11) is 0. The zero-order valence-electron chi connectivity index (χ0n) is 5.77. The Kier molecular flexibility index (Phi) is 5.31. The fourth-order valence-electron chi connectivity index (χ4n) is 0.410. The van der Waals surface area contributed by atoms with Crippen molar-refractivity contribution in [3.8, 4) is 0 Å². The van der Waals surface area contributed by atoms with Gasteiger partial charge in [-0.3, -0.25) is 0 Å². The van der Waals surface area contributed by atoms with E-state index in [0.717, 1.165) is 6.42 Å². The van der Waals surface area contributed by atoms with Crippen LogP contribution in [-0.2, 0) is 0 Å². The third-order valence-electron chi connectivity index (χ3n) is 0.975. The van der Waals surface area contributed by atoms with Gasteiger partial charge in [0.2, 0.25) is 0 Å². The first kappa shape index (κ1) is 9.32. The molecule has 2 heteroatoms. The van der Waals surface area contributed by atoms with E-state index in [0.29, 0.717) is 0 Å². The summed E-state index contributed by atoms with van der Waals surface area (Å²) in [6.07, 6.45) is 4.80. The number of alkyl halides is 2. The quantitative estimate of drug-likeness (QED) is 0.447. The Hall–Kier alpha value is 0.320. The van der Waals surface area contributed by atoms with Gasteiger partial charge in [0.15, 0.2) is 0 Å². The van der Waals surface area contributed by atoms with Crippen molar-refractivity contribution in [1.29, 1.82) is 0 Å². The molecule has 0 radical (unpaired) electrons. The minimum atomic E-state index is 0.0952. The second-order valence-electron chi connectivity index (χ2n) is 1.99. The topological polar surface area (TPSA) is 0 Å². The van der Waals surface area contributed by atoms with Crippen molar-refractivity contribution >= 4 is 23.2 Å². The molecule has 0 amide bonds. The van der Waals surface area contributed by atoms with Gasteiger partial charge in [0.1, 0.15) is 0 Å². The van der Waals surface area contributed by atoms with Crippen LogP contribution in [0.4, 0.5) is 0 Å². The van der Waals surface area contributed by atoms with Crippen LogP contribution in [0.2, 0.25) is 0 Å². The highest BCUT2D eigenvalue weighted by Gasteiger charge is 1.93. The second kappa shape index (κ2) is 5.13. The van der Waals surface area contributed by atoms with Gasteiger partial charge in [-0.15, -0.1) is 23.2 Å². The van der Waals surface area contributed by atoms with E-state index in [1.807, 2.05) is 26.0 Å². The Morgan fingerprint density at radius 2 is 1.89 bits per heavy atom. The lowest BCUT2D eigenvalue weighted by atomic mass is 10.3. The van der Waals surface area contributed by atoms with Crippen LogP contribution in [0.1, 0.15) is 20.3 Å². The molecule has 54 valence electrons. The van der Waals surface area contributed by atoms with Gasteiger partial charge in [0.05, 0.1) is 5.38 Å². The highest BCUT2D eigenvalue weighted by molar-refractivity contribution is 6.22. The molecule has 0 spiro atoms. The number of hydrogen-bond donors (Lipinski definition) is 0. The molecule has 0 bridgehead atoms. The van der Waals surface area contributed by atoms with Crippen LogP contribution in [0.5, 0.6) is 0 Å². The number of halogens is 2. The predicted molar refractivity (Wildman–Crippen MR) is 44.4 cm³/mol. The summed E-state index contributed by atoms with van der Waals surface area (Å²) in [6.45, 7) is 3.96. The van der Waals surface area contributed by atoms with Crippen LogP contribution >= 0.6 is 23.2 Å². The summed E-state index contributed by atoms with van der Waals surface area (Å²) in [5.41, 5.74) is 0. The highest BCUT2D eigenvalue weighted by atomic mass is 35.5. The van der Waals surface area contributed by atoms with Gasteiger partial charge in [0, 0.05) is 5.38 Å². The third-order valence-corrected chi connectivity index (χ3v) is 1.57. The molecule has 2 atom stereocenters. The largest absolute Gasteiger partial charge is 0.119 e. The lowest BCUT2D eigenvalue weighted by molar-refractivity contribution is 0.960. The van der Waals surface area contributed by atoms with E-state index < -0.39 is 0 Å². The van der Waals surface area contributed by atoms with Crippen molar-refractivity contribution in [2.45, 2.75) is 31.0 Å². The van der Waals surface area contributed by atoms with E-state index in [4.69, 9.17) is 23.2 Å². The molecule has 0 aromatic rings. The molecule has 9 heavy (non-hydrogen) atoms. The first-order valence-corrected chi connectivity index (χ1v) is 4.00. The van der Waals surface area contributed by atoms with Crippen molar-refractivity contribution in [2.24, 2.45) is 0 Å². The van der Waals surface area contributed by atoms with E-state index in [-0.39, 0.29) is 10.8 Å². The Balaban J connectivity index is 3.43. The Morgan fingerprint density at radius 3 is 2.22 bits per heavy atom. The Bertz CT molecular complexity index is 86.9. The van der Waals surface area contributed by atoms with Gasteiger partial charge in [0.25, 0.3) is 0 Å². The molecule has 0 aromatic carbocycles. The van der Waals surface area contributed by atoms with Crippen molar-refractivity contribution in [2.75, 3.05) is 0 Å². The van der Waals surface area contributed by atoms with Crippen LogP contribution in [0.15, 0.2) is 12.2 Å². The minimum absolute atomic E-state index is 0.0952. The zero-order chi connectivity index (χ0) is 7.28. The van der Waals surface area contributed by atoms with Gasteiger partial charge < -0.3 is 0 Å². The molecular formula is C7H12Cl2. The molecule has 0 aliphatic heterocycles. The van der Waals surface area contributed by atoms with Gasteiger partial charge >= 0.3 is 0 Å². The molecule has 0 fully saturated rings. The molecular weight excluding hydrogens is 155 g/mol. The Labute approximate surface area is 66.8 Å². The van der Waals surface area contributed by atoms with Crippen molar-refractivity contribution in [1.82, 2.24) is 0 Å². The van der Waals surface area contributed by atoms with E-state index >= 15 is 0 Å². The van der Waals surface area contributed by atoms with Gasteiger partial charge in [-0.1, -0.05) is 19.1 Å². The van der Waals surface area contributed by atoms with Crippen molar-refractivity contribution in [3.63, 3.8) is 0 Å². The molecule has 0 saturated heterocycles. The standard InChI is InChI=1S/C7H12Cl2/c1-3-7(9)5-4-6(2)8/h4-7H,3H2,1-2H3/b5-4+. The fraction of sp³-hybridized carbons (Fsp3) is 0.714. The highest BCUT2D eigenvalue weighted by Crippen LogP contribution is 2.04. The third kappa shape index (κ3) is 6.20. The maximum Gasteiger partial charge on any atom is 0.0513 e. The van der Waals surface area contributed by atoms with Gasteiger partial charge in [-0.25, -0.2) is 0 Å². The van der Waals surface area contributed by atoms with Gasteiger partial charge in [-0.2, -0.15) is 0 Å². The van der Waals surface area contributed by atoms with Crippen LogP contribution in [0.3, 0.4) is 0 Å². The number of allylic oxidation sites excluding steroid dienone is 2. The second-order valence-corrected chi connectivity index (χ2v) is 3.24. The molecule has 0 aliphatic rings. The summed E-state index contributed by atoms with van der Waals surface area (Å²) in [5, 5.41) is 0.240. The van der Waals surface area contributed by atoms with E-state index in [1.165, 1.54) is 0 Å². The maximum absolute atomic E-state index is 5.76. The minimum Gasteiger partial charge on any atom is -0.119 e. The number of rotatable bonds is 3. The van der Waals surface area contributed by atoms with Crippen LogP contribution in [0, 0.1) is 0 Å². The maximum atomic E-state index is 5.76. The molecule has 0 rings (SSSR count). The van der Waals surface area contributed by atoms with Crippen LogP contribution < -0.4 is 0 Å². The average molecular weight is 167 g/mol. The summed E-state index contributed by atoms with van der Waals surface area (Å²) in [6, 6.07) is 0. The average Bonchev–Trinajstić information content (AvgIpc) is 1.83. The Morgan fingerprint density at radius 1 is 1.33 bits per heavy atom. The molecule has 0 N–H and O–H groups in total. The van der Waals surface area contributed by atoms with E-state index in [9.17, 15) is 0 Å². The normalized spacial score (nSPS) is 18.2. The van der Waals surface area contributed by atoms with Crippen molar-refractivity contribution < 1.29 is 0 Å². The summed E-state index contributed by atoms with van der Waals surface area (Å²) in [5.74, 6) is 0. The lowest BCUT2D eigenvalue weighted by Gasteiger charge is -1.97. The zero-order valence-corrected chi connectivity index (χ0v) is 7.28. The van der Waals surface area contributed by atoms with Crippen molar-refractivity contribution in [3.05, 3.63) is 12.2 Å². The van der Waals surface area contributed by atoms with E-state index in [2.05, 4.69) is 0 Å². The molecule has 0 aromatic heterocycles. The van der Waals surface area contributed by atoms with E-state index in [1.54, 1.807) is 0 Å². The predicted octanol–water partition coefficient (Wildman–Crippen LogP) is 3.19. The summed E-state index contributed by atoms with van der Waals surface area (Å²) in [4.78, 5) is 0. The monoisotopic (exact) mass is 166 g/mol. The SMILES string of the molecule is CCC(Cl)/C=C/C(C)Cl. The first-order chi connectivity index (χ1) is 4.16. The summed E-state index contributed by atoms with van der Waals surface area (Å²) >= 11 is 11.4. The van der Waals surface area contributed by atoms with Crippen LogP contribution in [0.25, 0.3) is 0 Å². The van der Waals surface area contributed by atoms with Crippen LogP contribution in [-0.4, -0.2) is 10.8 Å². The summed E-state index contributed by atoms with van der Waals surface area (Å²) < 4.78 is 0. The smallest absolute Gasteiger partial charge is 0.0513 e. The molecule has 0 nitrogen and oxygen atoms in total. The fourth-order valence-corrected chi connectivity index (χ4v) is 0.578. The van der Waals surface area contributed by atoms with Gasteiger partial charge in [-0.05, 0) is 13.3 Å². The number of hydrogen-bond acceptors (Lipinski definition) is 0. The molecule has 0 saturated carbocycles. The molecule has 2 unspecified atom stereocenters. The first-order valence-electron chi connectivity index (χ1n) is 3.13. The lowest BCUT2D eigenvalue weighted by Crippen LogP contribution is -1.91.